The first-order valence-corrected chi connectivity index (χ1v) is 6.88. The van der Waals surface area contributed by atoms with Crippen LogP contribution < -0.4 is 0 Å². The lowest BCUT2D eigenvalue weighted by Crippen LogP contribution is -2.26. The van der Waals surface area contributed by atoms with Crippen molar-refractivity contribution in [2.45, 2.75) is 19.8 Å². The number of hydrogen-bond donors (Lipinski definition) is 0. The van der Waals surface area contributed by atoms with Gasteiger partial charge in [0.2, 0.25) is 7.59 Å². The Kier molecular flexibility index (Phi) is 6.15. The number of carbonyl (C=O) groups is 2. The molecule has 1 heterocycles. The molecule has 0 radical (unpaired) electrons. The van der Waals surface area contributed by atoms with Crippen molar-refractivity contribution in [3.63, 3.8) is 0 Å². The second-order valence-electron chi connectivity index (χ2n) is 3.42. The molecule has 0 bridgehead atoms. The van der Waals surface area contributed by atoms with E-state index in [2.05, 4.69) is 9.47 Å². The fourth-order valence-corrected chi connectivity index (χ4v) is 1.27. The highest BCUT2D eigenvalue weighted by Gasteiger charge is 2.53. The van der Waals surface area contributed by atoms with Crippen LogP contribution in [0.1, 0.15) is 0 Å². The van der Waals surface area contributed by atoms with Gasteiger partial charge in [-0.1, -0.05) is 69.6 Å². The molecule has 0 aromatic rings. The average Bonchev–Trinajstić information content (AvgIpc) is 3.00. The lowest BCUT2D eigenvalue weighted by Gasteiger charge is -2.11. The number of halogens is 6. The summed E-state index contributed by atoms with van der Waals surface area (Å²) in [4.78, 5) is 22.7. The zero-order valence-electron chi connectivity index (χ0n) is 8.88. The Labute approximate surface area is 138 Å². The van der Waals surface area contributed by atoms with Crippen molar-refractivity contribution in [1.29, 1.82) is 0 Å². The Morgan fingerprint density at radius 1 is 0.842 bits per heavy atom. The summed E-state index contributed by atoms with van der Waals surface area (Å²) >= 11 is 32.3. The summed E-state index contributed by atoms with van der Waals surface area (Å²) in [6, 6.07) is 0. The van der Waals surface area contributed by atoms with Crippen LogP contribution in [-0.4, -0.2) is 44.9 Å². The molecule has 0 spiro atoms. The van der Waals surface area contributed by atoms with E-state index in [9.17, 15) is 9.59 Å². The van der Waals surface area contributed by atoms with E-state index < -0.39 is 44.9 Å². The van der Waals surface area contributed by atoms with Gasteiger partial charge in [0.25, 0.3) is 0 Å². The molecule has 1 aliphatic rings. The summed E-state index contributed by atoms with van der Waals surface area (Å²) in [5.74, 6) is -1.69. The van der Waals surface area contributed by atoms with Gasteiger partial charge in [0.15, 0.2) is 12.2 Å². The van der Waals surface area contributed by atoms with Crippen LogP contribution in [0.2, 0.25) is 0 Å². The van der Waals surface area contributed by atoms with Gasteiger partial charge in [-0.2, -0.15) is 0 Å². The van der Waals surface area contributed by atoms with Crippen LogP contribution in [0.3, 0.4) is 0 Å². The largest absolute Gasteiger partial charge is 0.459 e. The SMILES string of the molecule is O=C(OCC(Cl)(Cl)Cl)[C@H]1O[C@H]1C(=O)OCC(Cl)(Cl)Cl. The summed E-state index contributed by atoms with van der Waals surface area (Å²) in [6.07, 6.45) is -2.20. The highest BCUT2D eigenvalue weighted by molar-refractivity contribution is 6.68. The van der Waals surface area contributed by atoms with Crippen molar-refractivity contribution < 1.29 is 23.8 Å². The minimum atomic E-state index is -1.74. The molecule has 19 heavy (non-hydrogen) atoms. The molecule has 1 rings (SSSR count). The van der Waals surface area contributed by atoms with Crippen molar-refractivity contribution in [2.24, 2.45) is 0 Å². The Bertz CT molecular complexity index is 328. The van der Waals surface area contributed by atoms with E-state index in [-0.39, 0.29) is 0 Å². The van der Waals surface area contributed by atoms with Crippen molar-refractivity contribution in [1.82, 2.24) is 0 Å². The van der Waals surface area contributed by atoms with Crippen LogP contribution in [0, 0.1) is 0 Å². The summed E-state index contributed by atoms with van der Waals surface area (Å²) in [5.41, 5.74) is 0. The van der Waals surface area contributed by atoms with E-state index in [1.165, 1.54) is 0 Å². The fraction of sp³-hybridized carbons (Fsp3) is 0.750. The number of ether oxygens (including phenoxy) is 3. The van der Waals surface area contributed by atoms with Crippen LogP contribution in [0.25, 0.3) is 0 Å². The molecule has 0 aliphatic carbocycles. The smallest absolute Gasteiger partial charge is 0.338 e. The number of epoxide rings is 1. The van der Waals surface area contributed by atoms with Gasteiger partial charge >= 0.3 is 11.9 Å². The minimum absolute atomic E-state index is 0.466. The lowest BCUT2D eigenvalue weighted by molar-refractivity contribution is -0.147. The lowest BCUT2D eigenvalue weighted by atomic mass is 10.3. The monoisotopic (exact) mass is 392 g/mol. The predicted octanol–water partition coefficient (Wildman–Crippen LogP) is 2.58. The van der Waals surface area contributed by atoms with Crippen molar-refractivity contribution in [2.75, 3.05) is 13.2 Å². The van der Waals surface area contributed by atoms with E-state index in [0.717, 1.165) is 0 Å². The Morgan fingerprint density at radius 3 is 1.42 bits per heavy atom. The molecule has 1 saturated heterocycles. The molecular weight excluding hydrogens is 389 g/mol. The van der Waals surface area contributed by atoms with E-state index in [1.807, 2.05) is 0 Å². The summed E-state index contributed by atoms with van der Waals surface area (Å²) < 4.78 is 10.5. The highest BCUT2D eigenvalue weighted by Crippen LogP contribution is 2.30. The third kappa shape index (κ3) is 7.27. The summed E-state index contributed by atoms with van der Waals surface area (Å²) in [5, 5.41) is 0. The van der Waals surface area contributed by atoms with Crippen molar-refractivity contribution >= 4 is 81.5 Å². The Balaban J connectivity index is 2.30. The van der Waals surface area contributed by atoms with Gasteiger partial charge in [-0.3, -0.25) is 0 Å². The molecular formula is C8H6Cl6O5. The predicted molar refractivity (Wildman–Crippen MR) is 71.2 cm³/mol. The normalized spacial score (nSPS) is 22.8. The first kappa shape index (κ1) is 17.7. The zero-order valence-corrected chi connectivity index (χ0v) is 13.4. The number of alkyl halides is 6. The second kappa shape index (κ2) is 6.60. The van der Waals surface area contributed by atoms with Gasteiger partial charge in [0.1, 0.15) is 13.2 Å². The highest BCUT2D eigenvalue weighted by atomic mass is 35.6. The van der Waals surface area contributed by atoms with Crippen LogP contribution >= 0.6 is 69.6 Å². The first-order valence-electron chi connectivity index (χ1n) is 4.62. The van der Waals surface area contributed by atoms with Gasteiger partial charge in [-0.15, -0.1) is 0 Å². The molecule has 11 heteroatoms. The second-order valence-corrected chi connectivity index (χ2v) is 8.46. The van der Waals surface area contributed by atoms with Gasteiger partial charge in [0, 0.05) is 0 Å². The van der Waals surface area contributed by atoms with Crippen molar-refractivity contribution in [3.8, 4) is 0 Å². The zero-order chi connectivity index (χ0) is 14.8. The molecule has 5 nitrogen and oxygen atoms in total. The van der Waals surface area contributed by atoms with E-state index in [4.69, 9.17) is 74.3 Å². The third-order valence-electron chi connectivity index (χ3n) is 1.71. The fourth-order valence-electron chi connectivity index (χ4n) is 0.941. The molecule has 0 amide bonds. The molecule has 110 valence electrons. The number of hydrogen-bond acceptors (Lipinski definition) is 5. The Morgan fingerprint density at radius 2 is 1.16 bits per heavy atom. The maximum absolute atomic E-state index is 11.4. The van der Waals surface area contributed by atoms with Gasteiger partial charge < -0.3 is 14.2 Å². The van der Waals surface area contributed by atoms with Gasteiger partial charge in [-0.05, 0) is 0 Å². The summed E-state index contributed by atoms with van der Waals surface area (Å²) in [6.45, 7) is -0.932. The third-order valence-corrected chi connectivity index (χ3v) is 2.37. The number of rotatable bonds is 4. The number of carbonyl (C=O) groups excluding carboxylic acids is 2. The average molecular weight is 395 g/mol. The maximum atomic E-state index is 11.4. The molecule has 0 N–H and O–H groups in total. The Hall–Kier alpha value is 0.640. The quantitative estimate of drug-likeness (QED) is 0.416. The minimum Gasteiger partial charge on any atom is -0.459 e. The van der Waals surface area contributed by atoms with Crippen molar-refractivity contribution in [3.05, 3.63) is 0 Å². The van der Waals surface area contributed by atoms with Crippen LogP contribution in [0.15, 0.2) is 0 Å². The first-order chi connectivity index (χ1) is 8.49. The molecule has 0 saturated carbocycles. The molecule has 2 atom stereocenters. The van der Waals surface area contributed by atoms with Crippen LogP contribution in [0.5, 0.6) is 0 Å². The molecule has 1 aliphatic heterocycles. The summed E-state index contributed by atoms with van der Waals surface area (Å²) in [7, 11) is 0. The van der Waals surface area contributed by atoms with Gasteiger partial charge in [0.05, 0.1) is 0 Å². The molecule has 0 aromatic carbocycles. The van der Waals surface area contributed by atoms with E-state index in [1.54, 1.807) is 0 Å². The standard InChI is InChI=1S/C8H6Cl6O5/c9-7(10,11)1-17-5(15)3-4(19-3)6(16)18-2-8(12,13)14/h3-4H,1-2H2/t3-,4+. The van der Waals surface area contributed by atoms with Crippen LogP contribution in [-0.2, 0) is 23.8 Å². The maximum Gasteiger partial charge on any atom is 0.338 e. The van der Waals surface area contributed by atoms with Gasteiger partial charge in [-0.25, -0.2) is 9.59 Å². The number of esters is 2. The molecule has 0 unspecified atom stereocenters. The topological polar surface area (TPSA) is 65.1 Å². The molecule has 0 aromatic heterocycles. The van der Waals surface area contributed by atoms with E-state index >= 15 is 0 Å². The molecule has 1 fully saturated rings. The van der Waals surface area contributed by atoms with E-state index in [0.29, 0.717) is 0 Å². The van der Waals surface area contributed by atoms with Crippen LogP contribution in [0.4, 0.5) is 0 Å².